The van der Waals surface area contributed by atoms with Crippen molar-refractivity contribution in [2.75, 3.05) is 32.5 Å². The summed E-state index contributed by atoms with van der Waals surface area (Å²) in [6.45, 7) is 1.44. The van der Waals surface area contributed by atoms with Crippen LogP contribution in [0.4, 0.5) is 20.2 Å². The average molecular weight is 334 g/mol. The Labute approximate surface area is 139 Å². The number of rotatable bonds is 7. The third-order valence-corrected chi connectivity index (χ3v) is 3.28. The van der Waals surface area contributed by atoms with E-state index in [0.29, 0.717) is 17.8 Å². The van der Waals surface area contributed by atoms with E-state index in [2.05, 4.69) is 15.6 Å². The highest BCUT2D eigenvalue weighted by Crippen LogP contribution is 2.20. The van der Waals surface area contributed by atoms with Gasteiger partial charge in [0, 0.05) is 18.8 Å². The largest absolute Gasteiger partial charge is 0.352 e. The van der Waals surface area contributed by atoms with Crippen LogP contribution in [0.1, 0.15) is 16.8 Å². The molecule has 1 aromatic heterocycles. The van der Waals surface area contributed by atoms with Gasteiger partial charge in [0.1, 0.15) is 11.6 Å². The van der Waals surface area contributed by atoms with Crippen molar-refractivity contribution in [2.24, 2.45) is 0 Å². The first-order chi connectivity index (χ1) is 11.5. The number of halogens is 2. The Kier molecular flexibility index (Phi) is 6.20. The number of aromatic nitrogens is 1. The van der Waals surface area contributed by atoms with Crippen molar-refractivity contribution in [3.63, 3.8) is 0 Å². The van der Waals surface area contributed by atoms with E-state index in [0.717, 1.165) is 25.1 Å². The molecular weight excluding hydrogens is 314 g/mol. The van der Waals surface area contributed by atoms with Gasteiger partial charge < -0.3 is 15.5 Å². The molecule has 0 aliphatic carbocycles. The maximum atomic E-state index is 13.7. The highest BCUT2D eigenvalue weighted by Gasteiger charge is 2.08. The van der Waals surface area contributed by atoms with Gasteiger partial charge in [0.25, 0.3) is 5.91 Å². The fourth-order valence-electron chi connectivity index (χ4n) is 2.08. The Morgan fingerprint density at radius 2 is 2.00 bits per heavy atom. The second-order valence-electron chi connectivity index (χ2n) is 5.62. The second-order valence-corrected chi connectivity index (χ2v) is 5.62. The summed E-state index contributed by atoms with van der Waals surface area (Å²) < 4.78 is 26.6. The number of anilines is 2. The molecule has 2 rings (SSSR count). The Morgan fingerprint density at radius 3 is 2.71 bits per heavy atom. The molecule has 0 bridgehead atoms. The minimum Gasteiger partial charge on any atom is -0.352 e. The fraction of sp³-hybridized carbons (Fsp3) is 0.294. The van der Waals surface area contributed by atoms with Crippen molar-refractivity contribution < 1.29 is 13.6 Å². The number of carbonyl (C=O) groups is 1. The molecule has 0 unspecified atom stereocenters. The predicted octanol–water partition coefficient (Wildman–Crippen LogP) is 2.78. The molecule has 0 saturated heterocycles. The fourth-order valence-corrected chi connectivity index (χ4v) is 2.08. The van der Waals surface area contributed by atoms with Crippen LogP contribution in [-0.4, -0.2) is 43.0 Å². The smallest absolute Gasteiger partial charge is 0.252 e. The van der Waals surface area contributed by atoms with Gasteiger partial charge in [-0.05, 0) is 45.3 Å². The molecule has 1 heterocycles. The van der Waals surface area contributed by atoms with Crippen molar-refractivity contribution in [1.29, 1.82) is 0 Å². The van der Waals surface area contributed by atoms with Crippen LogP contribution in [0.5, 0.6) is 0 Å². The van der Waals surface area contributed by atoms with Crippen molar-refractivity contribution in [2.45, 2.75) is 6.42 Å². The molecular formula is C17H20F2N4O. The molecule has 0 saturated carbocycles. The lowest BCUT2D eigenvalue weighted by molar-refractivity contribution is 0.0952. The van der Waals surface area contributed by atoms with E-state index < -0.39 is 11.6 Å². The zero-order valence-electron chi connectivity index (χ0n) is 13.6. The van der Waals surface area contributed by atoms with Crippen molar-refractivity contribution >= 4 is 17.3 Å². The van der Waals surface area contributed by atoms with Gasteiger partial charge in [0.05, 0.1) is 23.1 Å². The highest BCUT2D eigenvalue weighted by atomic mass is 19.1. The standard InChI is InChI=1S/C17H20F2N4O/c1-23(2)7-3-6-21-17(24)12-8-14(11-20-10-12)22-16-5-4-13(18)9-15(16)19/h4-5,8-11,22H,3,6-7H2,1-2H3,(H,21,24). The molecule has 0 spiro atoms. The molecule has 1 aromatic carbocycles. The summed E-state index contributed by atoms with van der Waals surface area (Å²) in [6.07, 6.45) is 3.74. The number of nitrogens with zero attached hydrogens (tertiary/aromatic N) is 2. The summed E-state index contributed by atoms with van der Waals surface area (Å²) >= 11 is 0. The first-order valence-corrected chi connectivity index (χ1v) is 7.56. The molecule has 24 heavy (non-hydrogen) atoms. The summed E-state index contributed by atoms with van der Waals surface area (Å²) in [4.78, 5) is 18.1. The van der Waals surface area contributed by atoms with Crippen molar-refractivity contribution in [3.8, 4) is 0 Å². The Balaban J connectivity index is 1.99. The molecule has 2 aromatic rings. The van der Waals surface area contributed by atoms with E-state index in [4.69, 9.17) is 0 Å². The van der Waals surface area contributed by atoms with Crippen LogP contribution in [0.25, 0.3) is 0 Å². The number of benzene rings is 1. The number of pyridine rings is 1. The lowest BCUT2D eigenvalue weighted by atomic mass is 10.2. The number of nitrogens with one attached hydrogen (secondary N) is 2. The van der Waals surface area contributed by atoms with Crippen molar-refractivity contribution in [3.05, 3.63) is 53.9 Å². The van der Waals surface area contributed by atoms with Crippen LogP contribution in [-0.2, 0) is 0 Å². The zero-order chi connectivity index (χ0) is 17.5. The number of carbonyl (C=O) groups excluding carboxylic acids is 1. The Hall–Kier alpha value is -2.54. The minimum absolute atomic E-state index is 0.113. The zero-order valence-corrected chi connectivity index (χ0v) is 13.6. The molecule has 1 amide bonds. The summed E-state index contributed by atoms with van der Waals surface area (Å²) in [5.41, 5.74) is 0.926. The first-order valence-electron chi connectivity index (χ1n) is 7.56. The van der Waals surface area contributed by atoms with Gasteiger partial charge in [-0.25, -0.2) is 8.78 Å². The Bertz CT molecular complexity index is 707. The quantitative estimate of drug-likeness (QED) is 0.765. The molecule has 5 nitrogen and oxygen atoms in total. The molecule has 0 aliphatic heterocycles. The van der Waals surface area contributed by atoms with E-state index >= 15 is 0 Å². The molecule has 2 N–H and O–H groups in total. The van der Waals surface area contributed by atoms with Gasteiger partial charge >= 0.3 is 0 Å². The maximum Gasteiger partial charge on any atom is 0.252 e. The lowest BCUT2D eigenvalue weighted by Crippen LogP contribution is -2.27. The van der Waals surface area contributed by atoms with E-state index in [-0.39, 0.29) is 11.6 Å². The van der Waals surface area contributed by atoms with E-state index in [1.54, 1.807) is 6.07 Å². The third-order valence-electron chi connectivity index (χ3n) is 3.28. The maximum absolute atomic E-state index is 13.7. The molecule has 0 radical (unpaired) electrons. The van der Waals surface area contributed by atoms with Crippen LogP contribution in [0.2, 0.25) is 0 Å². The lowest BCUT2D eigenvalue weighted by Gasteiger charge is -2.11. The predicted molar refractivity (Wildman–Crippen MR) is 89.4 cm³/mol. The normalized spacial score (nSPS) is 10.7. The number of amides is 1. The summed E-state index contributed by atoms with van der Waals surface area (Å²) in [7, 11) is 3.94. The van der Waals surface area contributed by atoms with Gasteiger partial charge in [-0.3, -0.25) is 9.78 Å². The topological polar surface area (TPSA) is 57.3 Å². The van der Waals surface area contributed by atoms with E-state index in [1.807, 2.05) is 19.0 Å². The number of hydrogen-bond acceptors (Lipinski definition) is 4. The average Bonchev–Trinajstić information content (AvgIpc) is 2.54. The van der Waals surface area contributed by atoms with E-state index in [9.17, 15) is 13.6 Å². The highest BCUT2D eigenvalue weighted by molar-refractivity contribution is 5.94. The minimum atomic E-state index is -0.714. The molecule has 7 heteroatoms. The van der Waals surface area contributed by atoms with Crippen LogP contribution in [0.15, 0.2) is 36.7 Å². The SMILES string of the molecule is CN(C)CCCNC(=O)c1cncc(Nc2ccc(F)cc2F)c1. The van der Waals surface area contributed by atoms with Gasteiger partial charge in [-0.1, -0.05) is 0 Å². The first kappa shape index (κ1) is 17.8. The molecule has 128 valence electrons. The van der Waals surface area contributed by atoms with Gasteiger partial charge in [0.2, 0.25) is 0 Å². The second kappa shape index (κ2) is 8.35. The van der Waals surface area contributed by atoms with Gasteiger partial charge in [0.15, 0.2) is 0 Å². The van der Waals surface area contributed by atoms with Crippen LogP contribution >= 0.6 is 0 Å². The van der Waals surface area contributed by atoms with Crippen molar-refractivity contribution in [1.82, 2.24) is 15.2 Å². The molecule has 0 fully saturated rings. The van der Waals surface area contributed by atoms with E-state index in [1.165, 1.54) is 18.5 Å². The van der Waals surface area contributed by atoms with Crippen LogP contribution in [0, 0.1) is 11.6 Å². The molecule has 0 atom stereocenters. The van der Waals surface area contributed by atoms with Crippen LogP contribution < -0.4 is 10.6 Å². The number of hydrogen-bond donors (Lipinski definition) is 2. The summed E-state index contributed by atoms with van der Waals surface area (Å²) in [6, 6.07) is 4.80. The monoisotopic (exact) mass is 334 g/mol. The Morgan fingerprint density at radius 1 is 1.21 bits per heavy atom. The third kappa shape index (κ3) is 5.27. The summed E-state index contributed by atoms with van der Waals surface area (Å²) in [5, 5.41) is 5.59. The van der Waals surface area contributed by atoms with Crippen LogP contribution in [0.3, 0.4) is 0 Å². The summed E-state index contributed by atoms with van der Waals surface area (Å²) in [5.74, 6) is -1.61. The molecule has 0 aliphatic rings. The van der Waals surface area contributed by atoms with Gasteiger partial charge in [-0.15, -0.1) is 0 Å². The van der Waals surface area contributed by atoms with Gasteiger partial charge in [-0.2, -0.15) is 0 Å².